The fourth-order valence-corrected chi connectivity index (χ4v) is 4.80. The molecule has 2 N–H and O–H groups in total. The predicted octanol–water partition coefficient (Wildman–Crippen LogP) is 4.06. The number of carbonyl (C=O) groups excluding carboxylic acids is 1. The second kappa shape index (κ2) is 11.2. The standard InChI is InChI=1S/C20H24Cl2N2O3S2/c1-14-5-3-4-6-15(14)9-11-23-20(25)19(10-12-28-2)24-29(26,27)16-7-8-17(21)18(22)13-16/h3-8,13,19,24H,9-12H2,1-2H3,(H,23,25)/t19-/m0/s1. The molecule has 29 heavy (non-hydrogen) atoms. The zero-order chi connectivity index (χ0) is 21.4. The molecule has 0 unspecified atom stereocenters. The summed E-state index contributed by atoms with van der Waals surface area (Å²) in [6.45, 7) is 2.44. The second-order valence-electron chi connectivity index (χ2n) is 6.50. The topological polar surface area (TPSA) is 75.3 Å². The molecule has 158 valence electrons. The number of aryl methyl sites for hydroxylation is 1. The Kier molecular flexibility index (Phi) is 9.30. The highest BCUT2D eigenvalue weighted by Gasteiger charge is 2.25. The van der Waals surface area contributed by atoms with E-state index in [2.05, 4.69) is 10.0 Å². The lowest BCUT2D eigenvalue weighted by atomic mass is 10.1. The van der Waals surface area contributed by atoms with Crippen LogP contribution in [0.15, 0.2) is 47.4 Å². The molecule has 1 amide bonds. The molecule has 0 aliphatic carbocycles. The maximum absolute atomic E-state index is 12.7. The average Bonchev–Trinajstić information content (AvgIpc) is 2.68. The molecule has 0 spiro atoms. The number of benzene rings is 2. The van der Waals surface area contributed by atoms with Crippen molar-refractivity contribution in [2.75, 3.05) is 18.6 Å². The first-order valence-electron chi connectivity index (χ1n) is 9.03. The molecule has 2 aromatic carbocycles. The summed E-state index contributed by atoms with van der Waals surface area (Å²) >= 11 is 13.3. The van der Waals surface area contributed by atoms with Gasteiger partial charge in [0.25, 0.3) is 0 Å². The quantitative estimate of drug-likeness (QED) is 0.544. The minimum atomic E-state index is -3.92. The lowest BCUT2D eigenvalue weighted by Crippen LogP contribution is -2.47. The van der Waals surface area contributed by atoms with Crippen LogP contribution in [-0.4, -0.2) is 38.9 Å². The van der Waals surface area contributed by atoms with Crippen molar-refractivity contribution in [2.45, 2.75) is 30.7 Å². The summed E-state index contributed by atoms with van der Waals surface area (Å²) in [6, 6.07) is 11.1. The smallest absolute Gasteiger partial charge is 0.241 e. The van der Waals surface area contributed by atoms with Crippen LogP contribution in [0.5, 0.6) is 0 Å². The number of thioether (sulfide) groups is 1. The zero-order valence-corrected chi connectivity index (χ0v) is 19.4. The van der Waals surface area contributed by atoms with Gasteiger partial charge in [-0.15, -0.1) is 0 Å². The molecular weight excluding hydrogens is 451 g/mol. The van der Waals surface area contributed by atoms with Gasteiger partial charge in [0.05, 0.1) is 14.9 Å². The Hall–Kier alpha value is -1.25. The fraction of sp³-hybridized carbons (Fsp3) is 0.350. The largest absolute Gasteiger partial charge is 0.354 e. The van der Waals surface area contributed by atoms with Crippen molar-refractivity contribution < 1.29 is 13.2 Å². The predicted molar refractivity (Wildman–Crippen MR) is 121 cm³/mol. The average molecular weight is 475 g/mol. The van der Waals surface area contributed by atoms with E-state index < -0.39 is 16.1 Å². The SMILES string of the molecule is CSCC[C@H](NS(=O)(=O)c1ccc(Cl)c(Cl)c1)C(=O)NCCc1ccccc1C. The van der Waals surface area contributed by atoms with Crippen LogP contribution in [0.1, 0.15) is 17.5 Å². The molecule has 2 rings (SSSR count). The minimum Gasteiger partial charge on any atom is -0.354 e. The third kappa shape index (κ3) is 7.19. The minimum absolute atomic E-state index is 0.0336. The Bertz CT molecular complexity index is 952. The van der Waals surface area contributed by atoms with Crippen LogP contribution in [-0.2, 0) is 21.2 Å². The van der Waals surface area contributed by atoms with Crippen molar-refractivity contribution in [3.8, 4) is 0 Å². The van der Waals surface area contributed by atoms with Gasteiger partial charge >= 0.3 is 0 Å². The van der Waals surface area contributed by atoms with E-state index in [9.17, 15) is 13.2 Å². The lowest BCUT2D eigenvalue weighted by Gasteiger charge is -2.18. The molecule has 0 fully saturated rings. The molecule has 0 aliphatic rings. The van der Waals surface area contributed by atoms with Gasteiger partial charge in [-0.25, -0.2) is 8.42 Å². The highest BCUT2D eigenvalue weighted by atomic mass is 35.5. The van der Waals surface area contributed by atoms with Crippen LogP contribution in [0.2, 0.25) is 10.0 Å². The second-order valence-corrected chi connectivity index (χ2v) is 10.0. The maximum Gasteiger partial charge on any atom is 0.241 e. The van der Waals surface area contributed by atoms with Crippen LogP contribution in [0, 0.1) is 6.92 Å². The van der Waals surface area contributed by atoms with Crippen molar-refractivity contribution in [1.29, 1.82) is 0 Å². The van der Waals surface area contributed by atoms with E-state index in [-0.39, 0.29) is 20.8 Å². The number of carbonyl (C=O) groups is 1. The van der Waals surface area contributed by atoms with Gasteiger partial charge in [-0.05, 0) is 61.1 Å². The van der Waals surface area contributed by atoms with Crippen LogP contribution in [0.3, 0.4) is 0 Å². The van der Waals surface area contributed by atoms with Gasteiger partial charge in [0.15, 0.2) is 0 Å². The number of rotatable bonds is 10. The molecule has 1 atom stereocenters. The number of nitrogens with one attached hydrogen (secondary N) is 2. The Morgan fingerprint density at radius 1 is 1.14 bits per heavy atom. The molecule has 5 nitrogen and oxygen atoms in total. The van der Waals surface area contributed by atoms with Crippen LogP contribution < -0.4 is 10.0 Å². The first-order chi connectivity index (χ1) is 13.7. The van der Waals surface area contributed by atoms with Crippen molar-refractivity contribution >= 4 is 50.9 Å². The van der Waals surface area contributed by atoms with Gasteiger partial charge in [0, 0.05) is 6.54 Å². The van der Waals surface area contributed by atoms with Gasteiger partial charge in [-0.2, -0.15) is 16.5 Å². The molecule has 2 aromatic rings. The first-order valence-corrected chi connectivity index (χ1v) is 12.7. The summed E-state index contributed by atoms with van der Waals surface area (Å²) < 4.78 is 27.9. The van der Waals surface area contributed by atoms with Gasteiger partial charge in [0.1, 0.15) is 6.04 Å². The molecule has 0 aromatic heterocycles. The van der Waals surface area contributed by atoms with E-state index in [1.54, 1.807) is 11.8 Å². The van der Waals surface area contributed by atoms with Gasteiger partial charge in [-0.1, -0.05) is 47.5 Å². The highest BCUT2D eigenvalue weighted by molar-refractivity contribution is 7.98. The zero-order valence-electron chi connectivity index (χ0n) is 16.2. The van der Waals surface area contributed by atoms with Crippen LogP contribution in [0.25, 0.3) is 0 Å². The van der Waals surface area contributed by atoms with Crippen LogP contribution in [0.4, 0.5) is 0 Å². The molecule has 0 bridgehead atoms. The Morgan fingerprint density at radius 2 is 1.86 bits per heavy atom. The number of halogens is 2. The summed E-state index contributed by atoms with van der Waals surface area (Å²) in [5.41, 5.74) is 2.30. The summed E-state index contributed by atoms with van der Waals surface area (Å²) in [4.78, 5) is 12.6. The molecule has 0 aliphatic heterocycles. The van der Waals surface area contributed by atoms with E-state index in [0.29, 0.717) is 25.1 Å². The van der Waals surface area contributed by atoms with Gasteiger partial charge < -0.3 is 5.32 Å². The number of amides is 1. The molecule has 0 radical (unpaired) electrons. The number of sulfonamides is 1. The summed E-state index contributed by atoms with van der Waals surface area (Å²) in [7, 11) is -3.92. The van der Waals surface area contributed by atoms with E-state index in [1.165, 1.54) is 18.2 Å². The molecule has 0 saturated carbocycles. The maximum atomic E-state index is 12.7. The fourth-order valence-electron chi connectivity index (χ4n) is 2.71. The normalized spacial score (nSPS) is 12.6. The van der Waals surface area contributed by atoms with E-state index in [0.717, 1.165) is 11.1 Å². The summed E-state index contributed by atoms with van der Waals surface area (Å²) in [5.74, 6) is 0.288. The van der Waals surface area contributed by atoms with E-state index >= 15 is 0 Å². The van der Waals surface area contributed by atoms with Crippen LogP contribution >= 0.6 is 35.0 Å². The lowest BCUT2D eigenvalue weighted by molar-refractivity contribution is -0.122. The Morgan fingerprint density at radius 3 is 2.52 bits per heavy atom. The summed E-state index contributed by atoms with van der Waals surface area (Å²) in [6.07, 6.45) is 2.95. The van der Waals surface area contributed by atoms with Crippen molar-refractivity contribution in [2.24, 2.45) is 0 Å². The molecule has 9 heteroatoms. The van der Waals surface area contributed by atoms with Crippen molar-refractivity contribution in [3.63, 3.8) is 0 Å². The van der Waals surface area contributed by atoms with Gasteiger partial charge in [0.2, 0.25) is 15.9 Å². The van der Waals surface area contributed by atoms with E-state index in [4.69, 9.17) is 23.2 Å². The number of hydrogen-bond donors (Lipinski definition) is 2. The van der Waals surface area contributed by atoms with E-state index in [1.807, 2.05) is 37.4 Å². The third-order valence-electron chi connectivity index (χ3n) is 4.38. The first kappa shape index (κ1) is 24.0. The monoisotopic (exact) mass is 474 g/mol. The Labute approximate surface area is 186 Å². The summed E-state index contributed by atoms with van der Waals surface area (Å²) in [5, 5.41) is 3.24. The highest BCUT2D eigenvalue weighted by Crippen LogP contribution is 2.25. The number of hydrogen-bond acceptors (Lipinski definition) is 4. The Balaban J connectivity index is 2.06. The van der Waals surface area contributed by atoms with Crippen molar-refractivity contribution in [3.05, 3.63) is 63.6 Å². The molecule has 0 saturated heterocycles. The molecule has 0 heterocycles. The molecular formula is C20H24Cl2N2O3S2. The van der Waals surface area contributed by atoms with Gasteiger partial charge in [-0.3, -0.25) is 4.79 Å². The van der Waals surface area contributed by atoms with Crippen molar-refractivity contribution in [1.82, 2.24) is 10.0 Å². The third-order valence-corrected chi connectivity index (χ3v) is 7.23.